The maximum absolute atomic E-state index is 13.7. The molecule has 0 spiro atoms. The van der Waals surface area contributed by atoms with Crippen LogP contribution in [-0.2, 0) is 6.42 Å². The van der Waals surface area contributed by atoms with Crippen molar-refractivity contribution < 1.29 is 4.79 Å². The lowest BCUT2D eigenvalue weighted by Crippen LogP contribution is -2.58. The van der Waals surface area contributed by atoms with Crippen LogP contribution in [0.5, 0.6) is 0 Å². The molecule has 2 saturated heterocycles. The molecule has 2 aliphatic heterocycles. The molecule has 2 aliphatic rings. The summed E-state index contributed by atoms with van der Waals surface area (Å²) in [6.07, 6.45) is 6.88. The van der Waals surface area contributed by atoms with Gasteiger partial charge in [-0.3, -0.25) is 9.69 Å². The second-order valence-electron chi connectivity index (χ2n) is 9.35. The van der Waals surface area contributed by atoms with Crippen molar-refractivity contribution in [3.8, 4) is 0 Å². The van der Waals surface area contributed by atoms with E-state index in [1.807, 2.05) is 30.3 Å². The number of para-hydroxylation sites is 1. The Balaban J connectivity index is 1.38. The van der Waals surface area contributed by atoms with Gasteiger partial charge in [0, 0.05) is 40.9 Å². The minimum Gasteiger partial charge on any atom is -0.305 e. The normalized spacial score (nSPS) is 22.6. The van der Waals surface area contributed by atoms with Gasteiger partial charge in [0.25, 0.3) is 5.91 Å². The number of anilines is 1. The van der Waals surface area contributed by atoms with Crippen molar-refractivity contribution in [3.63, 3.8) is 0 Å². The molecule has 1 unspecified atom stereocenters. The molecule has 3 aromatic carbocycles. The molecule has 170 valence electrons. The molecule has 4 heteroatoms. The zero-order chi connectivity index (χ0) is 22.6. The highest BCUT2D eigenvalue weighted by atomic mass is 35.5. The predicted octanol–water partition coefficient (Wildman–Crippen LogP) is 6.62. The van der Waals surface area contributed by atoms with Gasteiger partial charge in [-0.05, 0) is 74.1 Å². The Morgan fingerprint density at radius 2 is 1.45 bits per heavy atom. The zero-order valence-electron chi connectivity index (χ0n) is 18.9. The average molecular weight is 459 g/mol. The van der Waals surface area contributed by atoms with E-state index in [2.05, 4.69) is 52.3 Å². The van der Waals surface area contributed by atoms with E-state index >= 15 is 0 Å². The summed E-state index contributed by atoms with van der Waals surface area (Å²) in [6.45, 7) is 1.10. The molecule has 1 amide bonds. The van der Waals surface area contributed by atoms with Gasteiger partial charge in [-0.2, -0.15) is 0 Å². The SMILES string of the molecule is O=C(c1ccc(Cl)cc1)N(c1ccccc1)C1C[C@H]2CCC[C@@H](C1)N2CCc1ccccc1. The number of rotatable bonds is 6. The molecule has 0 N–H and O–H groups in total. The lowest BCUT2D eigenvalue weighted by atomic mass is 9.80. The molecule has 0 saturated carbocycles. The fraction of sp³-hybridized carbons (Fsp3) is 0.345. The van der Waals surface area contributed by atoms with E-state index in [1.54, 1.807) is 12.1 Å². The third-order valence-electron chi connectivity index (χ3n) is 7.31. The van der Waals surface area contributed by atoms with Gasteiger partial charge in [0.05, 0.1) is 0 Å². The summed E-state index contributed by atoms with van der Waals surface area (Å²) in [5.74, 6) is 0.0682. The Kier molecular flexibility index (Phi) is 6.80. The second-order valence-corrected chi connectivity index (χ2v) is 9.79. The highest BCUT2D eigenvalue weighted by molar-refractivity contribution is 6.30. The summed E-state index contributed by atoms with van der Waals surface area (Å²) in [6, 6.07) is 29.5. The van der Waals surface area contributed by atoms with Crippen LogP contribution in [0, 0.1) is 0 Å². The van der Waals surface area contributed by atoms with E-state index in [-0.39, 0.29) is 11.9 Å². The smallest absolute Gasteiger partial charge is 0.258 e. The van der Waals surface area contributed by atoms with Crippen LogP contribution in [0.15, 0.2) is 84.9 Å². The van der Waals surface area contributed by atoms with Crippen LogP contribution >= 0.6 is 11.6 Å². The van der Waals surface area contributed by atoms with Gasteiger partial charge in [-0.25, -0.2) is 0 Å². The van der Waals surface area contributed by atoms with Crippen LogP contribution in [-0.4, -0.2) is 35.5 Å². The Morgan fingerprint density at radius 1 is 0.848 bits per heavy atom. The van der Waals surface area contributed by atoms with Crippen molar-refractivity contribution in [3.05, 3.63) is 101 Å². The third-order valence-corrected chi connectivity index (χ3v) is 7.56. The van der Waals surface area contributed by atoms with Crippen molar-refractivity contribution in [2.45, 2.75) is 56.7 Å². The monoisotopic (exact) mass is 458 g/mol. The highest BCUT2D eigenvalue weighted by Gasteiger charge is 2.41. The number of carbonyl (C=O) groups is 1. The number of halogens is 1. The number of hydrogen-bond acceptors (Lipinski definition) is 2. The fourth-order valence-corrected chi connectivity index (χ4v) is 5.87. The molecule has 2 fully saturated rings. The number of fused-ring (bicyclic) bond motifs is 2. The molecule has 3 atom stereocenters. The van der Waals surface area contributed by atoms with Gasteiger partial charge in [0.15, 0.2) is 0 Å². The Labute approximate surface area is 202 Å². The standard InChI is InChI=1S/C29H31ClN2O/c30-24-16-14-23(15-17-24)29(33)32(25-10-5-2-6-11-25)28-20-26-12-7-13-27(21-28)31(26)19-18-22-8-3-1-4-9-22/h1-6,8-11,14-17,26-28H,7,12-13,18-21H2/t26-,27+,28?. The van der Waals surface area contributed by atoms with Crippen LogP contribution in [0.4, 0.5) is 5.69 Å². The highest BCUT2D eigenvalue weighted by Crippen LogP contribution is 2.38. The van der Waals surface area contributed by atoms with Crippen LogP contribution < -0.4 is 4.90 Å². The molecule has 33 heavy (non-hydrogen) atoms. The molecular formula is C29H31ClN2O. The Morgan fingerprint density at radius 3 is 2.09 bits per heavy atom. The lowest BCUT2D eigenvalue weighted by molar-refractivity contribution is 0.0306. The molecular weight excluding hydrogens is 428 g/mol. The fourth-order valence-electron chi connectivity index (χ4n) is 5.74. The summed E-state index contributed by atoms with van der Waals surface area (Å²) in [7, 11) is 0. The number of hydrogen-bond donors (Lipinski definition) is 0. The largest absolute Gasteiger partial charge is 0.305 e. The number of benzene rings is 3. The van der Waals surface area contributed by atoms with Gasteiger partial charge in [-0.15, -0.1) is 0 Å². The van der Waals surface area contributed by atoms with E-state index in [4.69, 9.17) is 11.6 Å². The molecule has 0 aliphatic carbocycles. The van der Waals surface area contributed by atoms with Crippen molar-refractivity contribution in [1.29, 1.82) is 0 Å². The van der Waals surface area contributed by atoms with Gasteiger partial charge < -0.3 is 4.90 Å². The van der Waals surface area contributed by atoms with Crippen LogP contribution in [0.1, 0.15) is 48.0 Å². The maximum atomic E-state index is 13.7. The van der Waals surface area contributed by atoms with E-state index in [9.17, 15) is 4.79 Å². The van der Waals surface area contributed by atoms with Crippen LogP contribution in [0.2, 0.25) is 5.02 Å². The summed E-state index contributed by atoms with van der Waals surface area (Å²) >= 11 is 6.09. The molecule has 2 bridgehead atoms. The Bertz CT molecular complexity index is 1040. The summed E-state index contributed by atoms with van der Waals surface area (Å²) in [4.78, 5) is 18.5. The Hall–Kier alpha value is -2.62. The van der Waals surface area contributed by atoms with Gasteiger partial charge in [0.2, 0.25) is 0 Å². The molecule has 3 aromatic rings. The first-order chi connectivity index (χ1) is 16.2. The zero-order valence-corrected chi connectivity index (χ0v) is 19.7. The summed E-state index contributed by atoms with van der Waals surface area (Å²) in [5.41, 5.74) is 3.08. The molecule has 2 heterocycles. The van der Waals surface area contributed by atoms with E-state index in [1.165, 1.54) is 24.8 Å². The molecule has 5 rings (SSSR count). The average Bonchev–Trinajstić information content (AvgIpc) is 2.84. The van der Waals surface area contributed by atoms with E-state index in [0.29, 0.717) is 22.7 Å². The van der Waals surface area contributed by atoms with Gasteiger partial charge in [0.1, 0.15) is 0 Å². The number of nitrogens with zero attached hydrogens (tertiary/aromatic N) is 2. The second kappa shape index (κ2) is 10.1. The van der Waals surface area contributed by atoms with Crippen molar-refractivity contribution in [2.24, 2.45) is 0 Å². The van der Waals surface area contributed by atoms with Gasteiger partial charge >= 0.3 is 0 Å². The molecule has 0 aromatic heterocycles. The van der Waals surface area contributed by atoms with Crippen LogP contribution in [0.25, 0.3) is 0 Å². The predicted molar refractivity (Wildman–Crippen MR) is 136 cm³/mol. The quantitative estimate of drug-likeness (QED) is 0.414. The van der Waals surface area contributed by atoms with Crippen molar-refractivity contribution in [1.82, 2.24) is 4.90 Å². The number of piperidine rings is 2. The summed E-state index contributed by atoms with van der Waals surface area (Å²) in [5, 5.41) is 0.652. The van der Waals surface area contributed by atoms with E-state index < -0.39 is 0 Å². The summed E-state index contributed by atoms with van der Waals surface area (Å²) < 4.78 is 0. The van der Waals surface area contributed by atoms with Crippen molar-refractivity contribution >= 4 is 23.2 Å². The molecule has 0 radical (unpaired) electrons. The first kappa shape index (κ1) is 22.2. The van der Waals surface area contributed by atoms with E-state index in [0.717, 1.165) is 31.5 Å². The van der Waals surface area contributed by atoms with Gasteiger partial charge in [-0.1, -0.05) is 66.6 Å². The minimum atomic E-state index is 0.0682. The molecule has 3 nitrogen and oxygen atoms in total. The topological polar surface area (TPSA) is 23.6 Å². The lowest BCUT2D eigenvalue weighted by Gasteiger charge is -2.51. The maximum Gasteiger partial charge on any atom is 0.258 e. The first-order valence-corrected chi connectivity index (χ1v) is 12.5. The minimum absolute atomic E-state index is 0.0682. The first-order valence-electron chi connectivity index (χ1n) is 12.1. The van der Waals surface area contributed by atoms with Crippen LogP contribution in [0.3, 0.4) is 0 Å². The third kappa shape index (κ3) is 5.00. The number of carbonyl (C=O) groups excluding carboxylic acids is 1. The number of amides is 1. The van der Waals surface area contributed by atoms with Crippen molar-refractivity contribution in [2.75, 3.05) is 11.4 Å².